The van der Waals surface area contributed by atoms with Crippen LogP contribution in [0.15, 0.2) is 90.0 Å². The fourth-order valence-corrected chi connectivity index (χ4v) is 6.35. The van der Waals surface area contributed by atoms with Crippen LogP contribution in [0, 0.1) is 5.92 Å². The summed E-state index contributed by atoms with van der Waals surface area (Å²) >= 11 is 13.3. The van der Waals surface area contributed by atoms with Crippen molar-refractivity contribution in [2.24, 2.45) is 5.92 Å². The van der Waals surface area contributed by atoms with Gasteiger partial charge in [-0.3, -0.25) is 9.69 Å². The molecule has 1 aromatic heterocycles. The molecule has 216 valence electrons. The van der Waals surface area contributed by atoms with Crippen LogP contribution in [0.3, 0.4) is 0 Å². The molecule has 1 aliphatic rings. The number of amides is 1. The summed E-state index contributed by atoms with van der Waals surface area (Å²) in [4.78, 5) is 15.9. The molecule has 1 aliphatic heterocycles. The van der Waals surface area contributed by atoms with Gasteiger partial charge in [0.05, 0.1) is 16.3 Å². The molecule has 0 N–H and O–H groups in total. The van der Waals surface area contributed by atoms with Gasteiger partial charge in [-0.25, -0.2) is 4.68 Å². The quantitative estimate of drug-likeness (QED) is 0.117. The molecule has 5 rings (SSSR count). The van der Waals surface area contributed by atoms with Gasteiger partial charge in [0.2, 0.25) is 0 Å². The minimum atomic E-state index is -0.0262. The van der Waals surface area contributed by atoms with Crippen LogP contribution >= 0.6 is 35.6 Å². The summed E-state index contributed by atoms with van der Waals surface area (Å²) < 4.78 is 8.46. The molecule has 42 heavy (non-hydrogen) atoms. The van der Waals surface area contributed by atoms with Crippen molar-refractivity contribution >= 4 is 51.9 Å². The molecule has 1 fully saturated rings. The van der Waals surface area contributed by atoms with Gasteiger partial charge >= 0.3 is 0 Å². The SMILES string of the molecule is CCCC[C@H](CC)CN1C(=O)/C(=C/c2cn(-c3ccccc3)nc2-c2ccc(OCc3ccccc3Cl)cc2)SC1=S. The van der Waals surface area contributed by atoms with E-state index in [1.807, 2.05) is 95.8 Å². The van der Waals surface area contributed by atoms with Gasteiger partial charge in [-0.1, -0.05) is 105 Å². The number of nitrogens with zero attached hydrogens (tertiary/aromatic N) is 3. The highest BCUT2D eigenvalue weighted by molar-refractivity contribution is 8.26. The molecule has 8 heteroatoms. The number of thioether (sulfide) groups is 1. The van der Waals surface area contributed by atoms with Crippen LogP contribution in [0.25, 0.3) is 23.0 Å². The van der Waals surface area contributed by atoms with E-state index in [4.69, 9.17) is 33.7 Å². The molecule has 2 heterocycles. The molecule has 3 aromatic carbocycles. The Morgan fingerprint density at radius 2 is 1.76 bits per heavy atom. The fraction of sp³-hybridized carbons (Fsp3) is 0.265. The second-order valence-corrected chi connectivity index (χ2v) is 12.4. The highest BCUT2D eigenvalue weighted by Gasteiger charge is 2.33. The molecule has 5 nitrogen and oxygen atoms in total. The number of thiocarbonyl (C=S) groups is 1. The second kappa shape index (κ2) is 14.2. The van der Waals surface area contributed by atoms with Gasteiger partial charge in [-0.2, -0.15) is 5.10 Å². The number of unbranched alkanes of at least 4 members (excludes halogenated alkanes) is 1. The van der Waals surface area contributed by atoms with E-state index in [-0.39, 0.29) is 5.91 Å². The van der Waals surface area contributed by atoms with Crippen molar-refractivity contribution < 1.29 is 9.53 Å². The lowest BCUT2D eigenvalue weighted by Gasteiger charge is -2.21. The summed E-state index contributed by atoms with van der Waals surface area (Å²) in [6.45, 7) is 5.44. The van der Waals surface area contributed by atoms with Gasteiger partial charge in [0, 0.05) is 34.5 Å². The number of ether oxygens (including phenoxy) is 1. The van der Waals surface area contributed by atoms with Crippen LogP contribution in [-0.4, -0.2) is 31.5 Å². The largest absolute Gasteiger partial charge is 0.489 e. The third kappa shape index (κ3) is 7.14. The van der Waals surface area contributed by atoms with Crippen molar-refractivity contribution in [3.05, 3.63) is 106 Å². The lowest BCUT2D eigenvalue weighted by molar-refractivity contribution is -0.122. The predicted molar refractivity (Wildman–Crippen MR) is 178 cm³/mol. The molecule has 0 aliphatic carbocycles. The van der Waals surface area contributed by atoms with Gasteiger partial charge in [-0.15, -0.1) is 0 Å². The van der Waals surface area contributed by atoms with E-state index in [9.17, 15) is 4.79 Å². The van der Waals surface area contributed by atoms with Gasteiger partial charge in [0.15, 0.2) is 0 Å². The predicted octanol–water partition coefficient (Wildman–Crippen LogP) is 9.19. The van der Waals surface area contributed by atoms with E-state index in [1.54, 1.807) is 4.90 Å². The van der Waals surface area contributed by atoms with Gasteiger partial charge < -0.3 is 4.74 Å². The van der Waals surface area contributed by atoms with E-state index >= 15 is 0 Å². The Balaban J connectivity index is 1.41. The average Bonchev–Trinajstić information content (AvgIpc) is 3.55. The maximum atomic E-state index is 13.5. The number of benzene rings is 3. The zero-order chi connectivity index (χ0) is 29.5. The maximum absolute atomic E-state index is 13.5. The number of carbonyl (C=O) groups is 1. The van der Waals surface area contributed by atoms with Crippen molar-refractivity contribution in [3.8, 4) is 22.7 Å². The summed E-state index contributed by atoms with van der Waals surface area (Å²) in [5.74, 6) is 1.15. The minimum Gasteiger partial charge on any atom is -0.489 e. The topological polar surface area (TPSA) is 47.4 Å². The number of halogens is 1. The van der Waals surface area contributed by atoms with E-state index in [2.05, 4.69) is 13.8 Å². The number of carbonyl (C=O) groups excluding carboxylic acids is 1. The Morgan fingerprint density at radius 1 is 1.02 bits per heavy atom. The van der Waals surface area contributed by atoms with Crippen molar-refractivity contribution in [2.75, 3.05) is 6.54 Å². The van der Waals surface area contributed by atoms with Crippen LogP contribution < -0.4 is 4.74 Å². The molecule has 0 saturated carbocycles. The highest BCUT2D eigenvalue weighted by Crippen LogP contribution is 2.36. The Hall–Kier alpha value is -3.39. The summed E-state index contributed by atoms with van der Waals surface area (Å²) in [6.07, 6.45) is 8.34. The van der Waals surface area contributed by atoms with Crippen LogP contribution in [0.1, 0.15) is 50.7 Å². The lowest BCUT2D eigenvalue weighted by atomic mass is 9.99. The fourth-order valence-electron chi connectivity index (χ4n) is 4.89. The second-order valence-electron chi connectivity index (χ2n) is 10.3. The third-order valence-corrected chi connectivity index (χ3v) is 9.13. The molecule has 0 spiro atoms. The molecule has 0 bridgehead atoms. The Bertz CT molecular complexity index is 1570. The van der Waals surface area contributed by atoms with E-state index in [0.29, 0.717) is 33.3 Å². The zero-order valence-corrected chi connectivity index (χ0v) is 26.2. The summed E-state index contributed by atoms with van der Waals surface area (Å²) in [5.41, 5.74) is 4.41. The summed E-state index contributed by atoms with van der Waals surface area (Å²) in [5, 5.41) is 5.62. The van der Waals surface area contributed by atoms with E-state index < -0.39 is 0 Å². The molecule has 1 atom stereocenters. The molecular weight excluding hydrogens is 582 g/mol. The Morgan fingerprint density at radius 3 is 2.48 bits per heavy atom. The zero-order valence-electron chi connectivity index (χ0n) is 23.8. The van der Waals surface area contributed by atoms with Crippen molar-refractivity contribution in [3.63, 3.8) is 0 Å². The van der Waals surface area contributed by atoms with Gasteiger partial charge in [0.25, 0.3) is 5.91 Å². The molecule has 1 saturated heterocycles. The van der Waals surface area contributed by atoms with Gasteiger partial charge in [-0.05, 0) is 60.9 Å². The summed E-state index contributed by atoms with van der Waals surface area (Å²) in [7, 11) is 0. The molecule has 0 radical (unpaired) electrons. The number of hydrogen-bond acceptors (Lipinski definition) is 5. The Kier molecular flexibility index (Phi) is 10.2. The highest BCUT2D eigenvalue weighted by atomic mass is 35.5. The molecule has 4 aromatic rings. The monoisotopic (exact) mass is 615 g/mol. The number of aromatic nitrogens is 2. The average molecular weight is 616 g/mol. The van der Waals surface area contributed by atoms with Crippen molar-refractivity contribution in [2.45, 2.75) is 46.1 Å². The maximum Gasteiger partial charge on any atom is 0.266 e. The number of para-hydroxylation sites is 1. The first-order chi connectivity index (χ1) is 20.5. The van der Waals surface area contributed by atoms with Crippen LogP contribution in [0.4, 0.5) is 0 Å². The molecule has 1 amide bonds. The van der Waals surface area contributed by atoms with Crippen molar-refractivity contribution in [1.82, 2.24) is 14.7 Å². The first-order valence-electron chi connectivity index (χ1n) is 14.3. The lowest BCUT2D eigenvalue weighted by Crippen LogP contribution is -2.33. The third-order valence-electron chi connectivity index (χ3n) is 7.39. The van der Waals surface area contributed by atoms with Gasteiger partial charge in [0.1, 0.15) is 16.7 Å². The van der Waals surface area contributed by atoms with Crippen LogP contribution in [-0.2, 0) is 11.4 Å². The van der Waals surface area contributed by atoms with E-state index in [0.717, 1.165) is 59.5 Å². The van der Waals surface area contributed by atoms with Crippen LogP contribution in [0.5, 0.6) is 5.75 Å². The minimum absolute atomic E-state index is 0.0262. The van der Waals surface area contributed by atoms with E-state index in [1.165, 1.54) is 11.8 Å². The normalized spacial score (nSPS) is 15.0. The standard InChI is InChI=1S/C34H34ClN3O2S2/c1-3-5-11-24(4-2)21-37-33(39)31(42-34(37)41)20-27-22-38(28-13-7-6-8-14-28)36-32(27)25-16-18-29(19-17-25)40-23-26-12-9-10-15-30(26)35/h6-10,12-20,22,24H,3-5,11,21,23H2,1-2H3/b31-20-/t24-/m0/s1. The smallest absolute Gasteiger partial charge is 0.266 e. The number of rotatable bonds is 12. The van der Waals surface area contributed by atoms with Crippen LogP contribution in [0.2, 0.25) is 5.02 Å². The molecule has 0 unspecified atom stereocenters. The first-order valence-corrected chi connectivity index (χ1v) is 15.9. The molecular formula is C34H34ClN3O2S2. The summed E-state index contributed by atoms with van der Waals surface area (Å²) in [6, 6.07) is 25.4. The first kappa shape index (κ1) is 30.1. The van der Waals surface area contributed by atoms with Crippen molar-refractivity contribution in [1.29, 1.82) is 0 Å². The number of hydrogen-bond donors (Lipinski definition) is 0. The Labute approximate surface area is 262 Å².